The van der Waals surface area contributed by atoms with Crippen molar-refractivity contribution in [2.24, 2.45) is 0 Å². The van der Waals surface area contributed by atoms with Crippen LogP contribution in [0.5, 0.6) is 0 Å². The van der Waals surface area contributed by atoms with Gasteiger partial charge in [0.05, 0.1) is 31.1 Å². The lowest BCUT2D eigenvalue weighted by molar-refractivity contribution is -0.143. The Labute approximate surface area is 182 Å². The smallest absolute Gasteiger partial charge is 0.309 e. The molecule has 31 heavy (non-hydrogen) atoms. The third-order valence-electron chi connectivity index (χ3n) is 5.33. The minimum Gasteiger partial charge on any atom is -0.465 e. The van der Waals surface area contributed by atoms with Crippen molar-refractivity contribution in [3.63, 3.8) is 0 Å². The molecule has 0 fully saturated rings. The Morgan fingerprint density at radius 1 is 0.806 bits per heavy atom. The van der Waals surface area contributed by atoms with E-state index in [2.05, 4.69) is 88.2 Å². The highest BCUT2D eigenvalue weighted by Gasteiger charge is 2.45. The van der Waals surface area contributed by atoms with Gasteiger partial charge in [-0.05, 0) is 36.4 Å². The number of rotatable bonds is 9. The van der Waals surface area contributed by atoms with Gasteiger partial charge in [-0.3, -0.25) is 4.79 Å². The van der Waals surface area contributed by atoms with E-state index < -0.39 is 7.26 Å². The second-order valence-electron chi connectivity index (χ2n) is 7.22. The van der Waals surface area contributed by atoms with Gasteiger partial charge in [-0.2, -0.15) is 15.4 Å². The lowest BCUT2D eigenvalue weighted by Crippen LogP contribution is -2.34. The monoisotopic (exact) mass is 430 g/mol. The second kappa shape index (κ2) is 10.1. The molecule has 0 saturated heterocycles. The molecule has 6 heteroatoms. The minimum atomic E-state index is -2.02. The zero-order valence-electron chi connectivity index (χ0n) is 17.2. The Morgan fingerprint density at radius 3 is 1.77 bits per heavy atom. The van der Waals surface area contributed by atoms with Crippen LogP contribution in [0.15, 0.2) is 97.2 Å². The molecule has 4 aromatic rings. The number of aromatic nitrogens is 3. The molecule has 1 N–H and O–H groups in total. The molecule has 0 aliphatic rings. The third kappa shape index (κ3) is 4.89. The predicted molar refractivity (Wildman–Crippen MR) is 126 cm³/mol. The van der Waals surface area contributed by atoms with Gasteiger partial charge in [0.1, 0.15) is 23.2 Å². The highest BCUT2D eigenvalue weighted by molar-refractivity contribution is 7.95. The fourth-order valence-electron chi connectivity index (χ4n) is 3.83. The third-order valence-corrected chi connectivity index (χ3v) is 9.76. The summed E-state index contributed by atoms with van der Waals surface area (Å²) < 4.78 is 5.52. The number of nitrogens with zero attached hydrogens (tertiary/aromatic N) is 2. The van der Waals surface area contributed by atoms with Crippen LogP contribution in [-0.2, 0) is 16.0 Å². The Bertz CT molecular complexity index is 975. The van der Waals surface area contributed by atoms with Crippen LogP contribution < -0.4 is 15.9 Å². The van der Waals surface area contributed by atoms with E-state index >= 15 is 0 Å². The van der Waals surface area contributed by atoms with Crippen molar-refractivity contribution < 1.29 is 9.53 Å². The quantitative estimate of drug-likeness (QED) is 0.327. The Hall–Kier alpha value is -3.30. The maximum Gasteiger partial charge on any atom is 0.309 e. The van der Waals surface area contributed by atoms with Crippen LogP contribution in [0, 0.1) is 0 Å². The van der Waals surface area contributed by atoms with E-state index in [9.17, 15) is 4.79 Å². The number of carbonyl (C=O) groups excluding carboxylic acids is 1. The molecule has 1 heterocycles. The number of carbonyl (C=O) groups is 1. The number of esters is 1. The van der Waals surface area contributed by atoms with Crippen LogP contribution in [-0.4, -0.2) is 34.1 Å². The molecule has 0 radical (unpaired) electrons. The highest BCUT2D eigenvalue weighted by Crippen LogP contribution is 2.55. The molecule has 156 valence electrons. The molecular formula is C25H25N3O2P+. The molecule has 0 saturated carbocycles. The number of ether oxygens (including phenoxy) is 1. The summed E-state index contributed by atoms with van der Waals surface area (Å²) in [4.78, 5) is 12.7. The van der Waals surface area contributed by atoms with Crippen molar-refractivity contribution >= 4 is 29.1 Å². The van der Waals surface area contributed by atoms with Gasteiger partial charge in [-0.25, -0.2) is 0 Å². The molecule has 0 bridgehead atoms. The van der Waals surface area contributed by atoms with Crippen LogP contribution in [0.3, 0.4) is 0 Å². The van der Waals surface area contributed by atoms with Gasteiger partial charge in [0.15, 0.2) is 0 Å². The predicted octanol–water partition coefficient (Wildman–Crippen LogP) is 3.27. The van der Waals surface area contributed by atoms with E-state index in [1.807, 2.05) is 18.2 Å². The molecule has 3 aromatic carbocycles. The van der Waals surface area contributed by atoms with Gasteiger partial charge in [-0.1, -0.05) is 54.6 Å². The summed E-state index contributed by atoms with van der Waals surface area (Å²) in [7, 11) is -2.02. The van der Waals surface area contributed by atoms with E-state index in [4.69, 9.17) is 4.74 Å². The topological polar surface area (TPSA) is 67.9 Å². The number of benzene rings is 3. The number of hydrogen-bond acceptors (Lipinski definition) is 4. The molecule has 0 aliphatic carbocycles. The Morgan fingerprint density at radius 2 is 1.32 bits per heavy atom. The highest BCUT2D eigenvalue weighted by atomic mass is 31.2. The first-order chi connectivity index (χ1) is 15.3. The van der Waals surface area contributed by atoms with Crippen LogP contribution in [0.25, 0.3) is 0 Å². The number of H-pyrrole nitrogens is 1. The lowest BCUT2D eigenvalue weighted by atomic mass is 10.3. The summed E-state index contributed by atoms with van der Waals surface area (Å²) in [6, 6.07) is 31.7. The molecule has 5 nitrogen and oxygen atoms in total. The van der Waals surface area contributed by atoms with Crippen molar-refractivity contribution in [2.75, 3.05) is 12.8 Å². The van der Waals surface area contributed by atoms with E-state index in [0.717, 1.165) is 5.69 Å². The number of nitrogens with one attached hydrogen (secondary N) is 1. The SMILES string of the molecule is O=C(CC[P+](c1ccccc1)(c1ccccc1)c1ccccc1)OCCc1cn[nH]n1. The van der Waals surface area contributed by atoms with E-state index in [1.54, 1.807) is 6.20 Å². The van der Waals surface area contributed by atoms with Crippen molar-refractivity contribution in [3.8, 4) is 0 Å². The first-order valence-electron chi connectivity index (χ1n) is 10.3. The van der Waals surface area contributed by atoms with Crippen LogP contribution >= 0.6 is 7.26 Å². The van der Waals surface area contributed by atoms with Crippen LogP contribution in [0.1, 0.15) is 12.1 Å². The maximum absolute atomic E-state index is 12.7. The average molecular weight is 430 g/mol. The Kier molecular flexibility index (Phi) is 6.85. The largest absolute Gasteiger partial charge is 0.465 e. The zero-order chi connectivity index (χ0) is 21.4. The molecule has 0 atom stereocenters. The molecule has 0 unspecified atom stereocenters. The molecule has 0 aliphatic heterocycles. The molecule has 0 amide bonds. The van der Waals surface area contributed by atoms with Crippen molar-refractivity contribution in [3.05, 3.63) is 103 Å². The van der Waals surface area contributed by atoms with E-state index in [-0.39, 0.29) is 5.97 Å². The fraction of sp³-hybridized carbons (Fsp3) is 0.160. The second-order valence-corrected chi connectivity index (χ2v) is 10.8. The van der Waals surface area contributed by atoms with Gasteiger partial charge in [0, 0.05) is 6.42 Å². The van der Waals surface area contributed by atoms with E-state index in [0.29, 0.717) is 25.6 Å². The van der Waals surface area contributed by atoms with Gasteiger partial charge in [0.2, 0.25) is 0 Å². The molecule has 4 rings (SSSR count). The summed E-state index contributed by atoms with van der Waals surface area (Å²) in [6.45, 7) is 0.304. The van der Waals surface area contributed by atoms with Crippen LogP contribution in [0.2, 0.25) is 0 Å². The molecular weight excluding hydrogens is 405 g/mol. The van der Waals surface area contributed by atoms with Gasteiger partial charge in [-0.15, -0.1) is 0 Å². The van der Waals surface area contributed by atoms with Crippen molar-refractivity contribution in [1.29, 1.82) is 0 Å². The van der Waals surface area contributed by atoms with Gasteiger partial charge in [0.25, 0.3) is 0 Å². The van der Waals surface area contributed by atoms with Gasteiger partial charge < -0.3 is 4.74 Å². The summed E-state index contributed by atoms with van der Waals surface area (Å²) in [5.41, 5.74) is 0.785. The summed E-state index contributed by atoms with van der Waals surface area (Å²) in [6.07, 6.45) is 3.27. The maximum atomic E-state index is 12.7. The molecule has 0 spiro atoms. The first-order valence-corrected chi connectivity index (χ1v) is 12.3. The minimum absolute atomic E-state index is 0.185. The normalized spacial score (nSPS) is 11.2. The Balaban J connectivity index is 1.61. The lowest BCUT2D eigenvalue weighted by Gasteiger charge is -2.27. The van der Waals surface area contributed by atoms with Crippen LogP contribution in [0.4, 0.5) is 0 Å². The van der Waals surface area contributed by atoms with Gasteiger partial charge >= 0.3 is 5.97 Å². The standard InChI is InChI=1S/C25H25N3O2P/c29-25(30-18-16-21-20-26-28-27-21)17-19-31(22-10-4-1-5-11-22,23-12-6-2-7-13-23)24-14-8-3-9-15-24/h1-15,20H,16-19H2,(H,26,27,28)/q+1. The fourth-order valence-corrected chi connectivity index (χ4v) is 8.06. The van der Waals surface area contributed by atoms with E-state index in [1.165, 1.54) is 15.9 Å². The number of aromatic amines is 1. The average Bonchev–Trinajstić information content (AvgIpc) is 3.35. The zero-order valence-corrected chi connectivity index (χ0v) is 18.1. The van der Waals surface area contributed by atoms with Crippen molar-refractivity contribution in [2.45, 2.75) is 12.8 Å². The summed E-state index contributed by atoms with van der Waals surface area (Å²) in [5.74, 6) is -0.185. The van der Waals surface area contributed by atoms with Crippen molar-refractivity contribution in [1.82, 2.24) is 15.4 Å². The molecule has 1 aromatic heterocycles. The number of hydrogen-bond donors (Lipinski definition) is 1. The first kappa shape index (κ1) is 21.0. The summed E-state index contributed by atoms with van der Waals surface area (Å²) >= 11 is 0. The summed E-state index contributed by atoms with van der Waals surface area (Å²) in [5, 5.41) is 14.1.